The van der Waals surface area contributed by atoms with Gasteiger partial charge in [0.1, 0.15) is 29.7 Å². The monoisotopic (exact) mass is 607 g/mol. The van der Waals surface area contributed by atoms with Crippen molar-refractivity contribution in [1.82, 2.24) is 15.5 Å². The number of nitrogens with zero attached hydrogens (tertiary/aromatic N) is 1. The van der Waals surface area contributed by atoms with Crippen LogP contribution in [0.5, 0.6) is 5.75 Å². The number of halogens is 3. The Bertz CT molecular complexity index is 1360. The maximum Gasteiger partial charge on any atom is 0.265 e. The molecule has 5 N–H and O–H groups in total. The predicted molar refractivity (Wildman–Crippen MR) is 146 cm³/mol. The van der Waals surface area contributed by atoms with E-state index in [1.54, 1.807) is 13.8 Å². The molecule has 0 spiro atoms. The number of nitrogens with one attached hydrogen (secondary N) is 3. The minimum absolute atomic E-state index is 0.0214. The first-order valence-electron chi connectivity index (χ1n) is 14.4. The van der Waals surface area contributed by atoms with E-state index in [2.05, 4.69) is 16.0 Å². The average molecular weight is 608 g/mol. The van der Waals surface area contributed by atoms with Crippen molar-refractivity contribution in [3.8, 4) is 5.75 Å². The van der Waals surface area contributed by atoms with Gasteiger partial charge in [-0.2, -0.15) is 0 Å². The first-order chi connectivity index (χ1) is 20.0. The molecule has 5 rings (SSSR count). The van der Waals surface area contributed by atoms with Crippen molar-refractivity contribution in [2.24, 2.45) is 34.8 Å². The number of likely N-dealkylation sites (tertiary alicyclic amines) is 1. The quantitative estimate of drug-likeness (QED) is 0.333. The summed E-state index contributed by atoms with van der Waals surface area (Å²) in [6, 6.07) is 0.146. The highest BCUT2D eigenvalue weighted by Crippen LogP contribution is 2.65. The van der Waals surface area contributed by atoms with Gasteiger partial charge in [0.05, 0.1) is 5.69 Å². The number of piperidine rings is 1. The Morgan fingerprint density at radius 2 is 1.81 bits per heavy atom. The Morgan fingerprint density at radius 3 is 2.42 bits per heavy atom. The lowest BCUT2D eigenvalue weighted by molar-refractivity contribution is -0.154. The fraction of sp³-hybridized carbons (Fsp3) is 0.621. The van der Waals surface area contributed by atoms with Crippen LogP contribution in [-0.2, 0) is 24.0 Å². The first-order valence-corrected chi connectivity index (χ1v) is 14.4. The van der Waals surface area contributed by atoms with Crippen molar-refractivity contribution in [2.45, 2.75) is 77.1 Å². The van der Waals surface area contributed by atoms with E-state index in [-0.39, 0.29) is 41.7 Å². The molecule has 0 aromatic heterocycles. The number of carbonyl (C=O) groups excluding carboxylic acids is 5. The zero-order chi connectivity index (χ0) is 31.6. The van der Waals surface area contributed by atoms with E-state index in [1.807, 2.05) is 13.8 Å². The second-order valence-corrected chi connectivity index (χ2v) is 13.0. The molecule has 0 unspecified atom stereocenters. The third-order valence-corrected chi connectivity index (χ3v) is 9.32. The second kappa shape index (κ2) is 10.7. The summed E-state index contributed by atoms with van der Waals surface area (Å²) in [4.78, 5) is 66.6. The topological polar surface area (TPSA) is 160 Å². The van der Waals surface area contributed by atoms with Gasteiger partial charge in [0.2, 0.25) is 29.6 Å². The van der Waals surface area contributed by atoms with Crippen LogP contribution in [0, 0.1) is 34.9 Å². The number of rotatable bonds is 9. The van der Waals surface area contributed by atoms with Crippen LogP contribution < -0.4 is 26.4 Å². The molecule has 2 saturated carbocycles. The third kappa shape index (κ3) is 5.75. The van der Waals surface area contributed by atoms with Gasteiger partial charge in [0, 0.05) is 37.8 Å². The van der Waals surface area contributed by atoms with Gasteiger partial charge in [0.25, 0.3) is 5.91 Å². The molecule has 6 atom stereocenters. The standard InChI is InChI=1S/C29H36F3N5O6/c1-12(2)21(36-24(39)13-9-29(31,32)10-13)27(42)37-11-15-20(28(15,3)4)22(37)26(41)35-17(23(33)38)8-19-25(40)34-16-6-5-14(30)7-18(16)43-19/h5-7,12-13,15,17,19-22H,8-11H2,1-4H3,(H2,33,38)(H,34,40)(H,35,41)(H,36,39)/t15-,17-,19-,20-,21-,22-/m0/s1. The van der Waals surface area contributed by atoms with Gasteiger partial charge in [-0.15, -0.1) is 0 Å². The van der Waals surface area contributed by atoms with Crippen molar-refractivity contribution in [3.05, 3.63) is 24.0 Å². The molecule has 11 nitrogen and oxygen atoms in total. The maximum absolute atomic E-state index is 13.8. The largest absolute Gasteiger partial charge is 0.478 e. The SMILES string of the molecule is CC(C)[C@H](NC(=O)C1CC(F)(F)C1)C(=O)N1C[C@H]2[C@@H]([C@H]1C(=O)N[C@@H](C[C@@H]1Oc3cc(F)ccc3NC1=O)C(N)=O)C2(C)C. The van der Waals surface area contributed by atoms with E-state index >= 15 is 0 Å². The van der Waals surface area contributed by atoms with Gasteiger partial charge in [-0.3, -0.25) is 24.0 Å². The van der Waals surface area contributed by atoms with Crippen LogP contribution in [0.1, 0.15) is 47.0 Å². The van der Waals surface area contributed by atoms with Gasteiger partial charge in [-0.25, -0.2) is 13.2 Å². The minimum Gasteiger partial charge on any atom is -0.478 e. The third-order valence-electron chi connectivity index (χ3n) is 9.32. The number of hydrogen-bond donors (Lipinski definition) is 4. The average Bonchev–Trinajstić information content (AvgIpc) is 3.21. The Kier molecular flexibility index (Phi) is 7.62. The molecule has 0 radical (unpaired) electrons. The lowest BCUT2D eigenvalue weighted by Gasteiger charge is -2.37. The number of hydrogen-bond acceptors (Lipinski definition) is 6. The molecule has 5 amide bonds. The van der Waals surface area contributed by atoms with Crippen LogP contribution in [0.3, 0.4) is 0 Å². The van der Waals surface area contributed by atoms with Crippen molar-refractivity contribution in [3.63, 3.8) is 0 Å². The van der Waals surface area contributed by atoms with Gasteiger partial charge < -0.3 is 31.3 Å². The molecule has 0 bridgehead atoms. The van der Waals surface area contributed by atoms with E-state index in [4.69, 9.17) is 10.5 Å². The number of carbonyl (C=O) groups is 5. The maximum atomic E-state index is 13.8. The molecular formula is C29H36F3N5O6. The van der Waals surface area contributed by atoms with Crippen molar-refractivity contribution in [1.29, 1.82) is 0 Å². The summed E-state index contributed by atoms with van der Waals surface area (Å²) in [5, 5.41) is 7.77. The van der Waals surface area contributed by atoms with Crippen LogP contribution in [0.2, 0.25) is 0 Å². The van der Waals surface area contributed by atoms with Crippen molar-refractivity contribution >= 4 is 35.2 Å². The van der Waals surface area contributed by atoms with E-state index in [0.717, 1.165) is 12.1 Å². The summed E-state index contributed by atoms with van der Waals surface area (Å²) in [5.74, 6) is -8.38. The van der Waals surface area contributed by atoms with Gasteiger partial charge in [-0.05, 0) is 35.3 Å². The van der Waals surface area contributed by atoms with Gasteiger partial charge in [-0.1, -0.05) is 27.7 Å². The van der Waals surface area contributed by atoms with Crippen LogP contribution >= 0.6 is 0 Å². The van der Waals surface area contributed by atoms with Crippen molar-refractivity contribution in [2.75, 3.05) is 11.9 Å². The van der Waals surface area contributed by atoms with Crippen LogP contribution in [0.15, 0.2) is 18.2 Å². The highest BCUT2D eigenvalue weighted by molar-refractivity contribution is 5.99. The number of ether oxygens (including phenoxy) is 1. The van der Waals surface area contributed by atoms with E-state index < -0.39 is 90.2 Å². The molecule has 43 heavy (non-hydrogen) atoms. The molecule has 2 aliphatic carbocycles. The number of fused-ring (bicyclic) bond motifs is 2. The highest BCUT2D eigenvalue weighted by atomic mass is 19.3. The zero-order valence-electron chi connectivity index (χ0n) is 24.3. The minimum atomic E-state index is -2.90. The Balaban J connectivity index is 1.30. The van der Waals surface area contributed by atoms with Gasteiger partial charge in [0.15, 0.2) is 6.10 Å². The number of anilines is 1. The van der Waals surface area contributed by atoms with Gasteiger partial charge >= 0.3 is 0 Å². The lowest BCUT2D eigenvalue weighted by atomic mass is 9.80. The van der Waals surface area contributed by atoms with E-state index in [0.29, 0.717) is 0 Å². The summed E-state index contributed by atoms with van der Waals surface area (Å²) >= 11 is 0. The molecule has 2 aliphatic heterocycles. The molecule has 1 aromatic rings. The van der Waals surface area contributed by atoms with Crippen LogP contribution in [0.25, 0.3) is 0 Å². The van der Waals surface area contributed by atoms with Crippen LogP contribution in [0.4, 0.5) is 18.9 Å². The van der Waals surface area contributed by atoms with Crippen molar-refractivity contribution < 1.29 is 41.9 Å². The second-order valence-electron chi connectivity index (χ2n) is 13.0. The summed E-state index contributed by atoms with van der Waals surface area (Å²) in [6.45, 7) is 7.57. The first kappa shape index (κ1) is 30.6. The molecule has 4 aliphatic rings. The molecule has 2 heterocycles. The fourth-order valence-corrected chi connectivity index (χ4v) is 6.61. The molecule has 1 aromatic carbocycles. The van der Waals surface area contributed by atoms with E-state index in [9.17, 15) is 37.1 Å². The molecule has 14 heteroatoms. The molecule has 234 valence electrons. The molecule has 3 fully saturated rings. The lowest BCUT2D eigenvalue weighted by Crippen LogP contribution is -2.60. The number of alkyl halides is 2. The number of benzene rings is 1. The predicted octanol–water partition coefficient (Wildman–Crippen LogP) is 1.55. The number of nitrogens with two attached hydrogens (primary N) is 1. The normalized spacial score (nSPS) is 27.9. The summed E-state index contributed by atoms with van der Waals surface area (Å²) < 4.78 is 46.0. The Hall–Kier alpha value is -3.84. The zero-order valence-corrected chi connectivity index (χ0v) is 24.3. The number of amides is 5. The summed E-state index contributed by atoms with van der Waals surface area (Å²) in [6.07, 6.45) is -2.78. The van der Waals surface area contributed by atoms with E-state index in [1.165, 1.54) is 11.0 Å². The summed E-state index contributed by atoms with van der Waals surface area (Å²) in [7, 11) is 0. The molecular weight excluding hydrogens is 571 g/mol. The van der Waals surface area contributed by atoms with Crippen LogP contribution in [-0.4, -0.2) is 71.1 Å². The smallest absolute Gasteiger partial charge is 0.265 e. The Labute approximate surface area is 246 Å². The molecule has 1 saturated heterocycles. The highest BCUT2D eigenvalue weighted by Gasteiger charge is 2.69. The summed E-state index contributed by atoms with van der Waals surface area (Å²) in [5.41, 5.74) is 5.55. The number of primary amides is 1. The fourth-order valence-electron chi connectivity index (χ4n) is 6.61. The Morgan fingerprint density at radius 1 is 1.14 bits per heavy atom.